The van der Waals surface area contributed by atoms with Crippen LogP contribution in [0.3, 0.4) is 0 Å². The van der Waals surface area contributed by atoms with Crippen molar-refractivity contribution in [3.05, 3.63) is 0 Å². The summed E-state index contributed by atoms with van der Waals surface area (Å²) in [4.78, 5) is 2.57. The largest absolute Gasteiger partial charge is 0.314 e. The van der Waals surface area contributed by atoms with E-state index in [1.54, 1.807) is 0 Å². The molecule has 0 bridgehead atoms. The van der Waals surface area contributed by atoms with Crippen molar-refractivity contribution in [3.63, 3.8) is 0 Å². The van der Waals surface area contributed by atoms with E-state index in [1.807, 2.05) is 0 Å². The van der Waals surface area contributed by atoms with Crippen LogP contribution in [0, 0.1) is 0 Å². The van der Waals surface area contributed by atoms with Crippen LogP contribution in [0.15, 0.2) is 0 Å². The minimum absolute atomic E-state index is 0.656. The molecule has 2 unspecified atom stereocenters. The molecule has 0 aliphatic rings. The van der Waals surface area contributed by atoms with E-state index >= 15 is 0 Å². The second kappa shape index (κ2) is 9.17. The van der Waals surface area contributed by atoms with Crippen LogP contribution in [0.4, 0.5) is 0 Å². The van der Waals surface area contributed by atoms with Gasteiger partial charge in [0.2, 0.25) is 0 Å². The molecule has 0 heterocycles. The second-order valence-corrected chi connectivity index (χ2v) is 4.53. The van der Waals surface area contributed by atoms with Crippen molar-refractivity contribution in [2.45, 2.75) is 66.0 Å². The standard InChI is InChI=1S/C13H30N2/c1-6-10-14-12(4)9-11-15(8-3)13(5)7-2/h12-14H,6-11H2,1-5H3. The van der Waals surface area contributed by atoms with Gasteiger partial charge in [-0.2, -0.15) is 0 Å². The van der Waals surface area contributed by atoms with Crippen LogP contribution in [-0.4, -0.2) is 36.6 Å². The van der Waals surface area contributed by atoms with Crippen LogP contribution in [0.1, 0.15) is 53.9 Å². The lowest BCUT2D eigenvalue weighted by Crippen LogP contribution is -2.37. The first kappa shape index (κ1) is 14.9. The molecular formula is C13H30N2. The van der Waals surface area contributed by atoms with Crippen LogP contribution in [0.5, 0.6) is 0 Å². The van der Waals surface area contributed by atoms with Gasteiger partial charge in [-0.25, -0.2) is 0 Å². The summed E-state index contributed by atoms with van der Waals surface area (Å²) in [5.41, 5.74) is 0. The summed E-state index contributed by atoms with van der Waals surface area (Å²) < 4.78 is 0. The first-order valence-corrected chi connectivity index (χ1v) is 6.63. The zero-order chi connectivity index (χ0) is 11.7. The molecule has 0 spiro atoms. The lowest BCUT2D eigenvalue weighted by molar-refractivity contribution is 0.204. The monoisotopic (exact) mass is 214 g/mol. The summed E-state index contributed by atoms with van der Waals surface area (Å²) >= 11 is 0. The van der Waals surface area contributed by atoms with Gasteiger partial charge >= 0.3 is 0 Å². The summed E-state index contributed by atoms with van der Waals surface area (Å²) in [7, 11) is 0. The molecule has 0 aromatic rings. The maximum absolute atomic E-state index is 3.54. The van der Waals surface area contributed by atoms with Crippen LogP contribution in [-0.2, 0) is 0 Å². The van der Waals surface area contributed by atoms with Crippen molar-refractivity contribution in [3.8, 4) is 0 Å². The Hall–Kier alpha value is -0.0800. The highest BCUT2D eigenvalue weighted by molar-refractivity contribution is 4.68. The van der Waals surface area contributed by atoms with Crippen molar-refractivity contribution in [1.29, 1.82) is 0 Å². The van der Waals surface area contributed by atoms with E-state index in [-0.39, 0.29) is 0 Å². The summed E-state index contributed by atoms with van der Waals surface area (Å²) in [6.07, 6.45) is 3.75. The lowest BCUT2D eigenvalue weighted by Gasteiger charge is -2.28. The summed E-state index contributed by atoms with van der Waals surface area (Å²) in [6, 6.07) is 1.39. The molecule has 0 saturated heterocycles. The molecule has 92 valence electrons. The van der Waals surface area contributed by atoms with Crippen molar-refractivity contribution in [2.75, 3.05) is 19.6 Å². The number of nitrogens with one attached hydrogen (secondary N) is 1. The molecule has 0 radical (unpaired) electrons. The molecule has 15 heavy (non-hydrogen) atoms. The Morgan fingerprint density at radius 3 is 2.27 bits per heavy atom. The fourth-order valence-electron chi connectivity index (χ4n) is 1.80. The molecule has 2 heteroatoms. The average Bonchev–Trinajstić information content (AvgIpc) is 2.26. The maximum atomic E-state index is 3.54. The first-order chi connectivity index (χ1) is 7.15. The van der Waals surface area contributed by atoms with Crippen molar-refractivity contribution < 1.29 is 0 Å². The Morgan fingerprint density at radius 2 is 1.80 bits per heavy atom. The topological polar surface area (TPSA) is 15.3 Å². The van der Waals surface area contributed by atoms with Gasteiger partial charge in [0.25, 0.3) is 0 Å². The van der Waals surface area contributed by atoms with Crippen LogP contribution >= 0.6 is 0 Å². The molecule has 1 N–H and O–H groups in total. The maximum Gasteiger partial charge on any atom is 0.00641 e. The molecule has 0 fully saturated rings. The molecule has 0 aliphatic carbocycles. The van der Waals surface area contributed by atoms with Crippen molar-refractivity contribution in [1.82, 2.24) is 10.2 Å². The highest BCUT2D eigenvalue weighted by atomic mass is 15.1. The van der Waals surface area contributed by atoms with E-state index in [4.69, 9.17) is 0 Å². The summed E-state index contributed by atoms with van der Waals surface area (Å²) in [6.45, 7) is 14.9. The number of rotatable bonds is 9. The van der Waals surface area contributed by atoms with Crippen molar-refractivity contribution >= 4 is 0 Å². The van der Waals surface area contributed by atoms with Gasteiger partial charge in [0.15, 0.2) is 0 Å². The highest BCUT2D eigenvalue weighted by Crippen LogP contribution is 2.05. The second-order valence-electron chi connectivity index (χ2n) is 4.53. The zero-order valence-corrected chi connectivity index (χ0v) is 11.3. The minimum Gasteiger partial charge on any atom is -0.314 e. The lowest BCUT2D eigenvalue weighted by atomic mass is 10.1. The molecule has 2 atom stereocenters. The van der Waals surface area contributed by atoms with E-state index in [0.717, 1.165) is 12.6 Å². The summed E-state index contributed by atoms with van der Waals surface area (Å²) in [5, 5.41) is 3.54. The van der Waals surface area contributed by atoms with E-state index in [1.165, 1.54) is 32.4 Å². The van der Waals surface area contributed by atoms with Gasteiger partial charge < -0.3 is 10.2 Å². The minimum atomic E-state index is 0.656. The Labute approximate surface area is 96.4 Å². The van der Waals surface area contributed by atoms with Gasteiger partial charge in [-0.15, -0.1) is 0 Å². The van der Waals surface area contributed by atoms with Gasteiger partial charge in [-0.3, -0.25) is 0 Å². The van der Waals surface area contributed by atoms with E-state index in [2.05, 4.69) is 44.8 Å². The Kier molecular flexibility index (Phi) is 9.12. The molecule has 2 nitrogen and oxygen atoms in total. The molecule has 0 aromatic heterocycles. The van der Waals surface area contributed by atoms with Gasteiger partial charge in [0, 0.05) is 12.1 Å². The van der Waals surface area contributed by atoms with Gasteiger partial charge in [-0.05, 0) is 52.7 Å². The molecule has 0 saturated carbocycles. The number of nitrogens with zero attached hydrogens (tertiary/aromatic N) is 1. The fourth-order valence-corrected chi connectivity index (χ4v) is 1.80. The van der Waals surface area contributed by atoms with E-state index in [0.29, 0.717) is 6.04 Å². The van der Waals surface area contributed by atoms with Crippen molar-refractivity contribution in [2.24, 2.45) is 0 Å². The van der Waals surface area contributed by atoms with Gasteiger partial charge in [0.05, 0.1) is 0 Å². The number of hydrogen-bond acceptors (Lipinski definition) is 2. The zero-order valence-electron chi connectivity index (χ0n) is 11.3. The van der Waals surface area contributed by atoms with E-state index < -0.39 is 0 Å². The molecule has 0 aliphatic heterocycles. The Morgan fingerprint density at radius 1 is 1.13 bits per heavy atom. The Balaban J connectivity index is 3.69. The summed E-state index contributed by atoms with van der Waals surface area (Å²) in [5.74, 6) is 0. The van der Waals surface area contributed by atoms with Gasteiger partial charge in [-0.1, -0.05) is 20.8 Å². The molecule has 0 rings (SSSR count). The van der Waals surface area contributed by atoms with E-state index in [9.17, 15) is 0 Å². The molecular weight excluding hydrogens is 184 g/mol. The quantitative estimate of drug-likeness (QED) is 0.635. The first-order valence-electron chi connectivity index (χ1n) is 6.63. The molecule has 0 aromatic carbocycles. The third-order valence-corrected chi connectivity index (χ3v) is 3.21. The smallest absolute Gasteiger partial charge is 0.00641 e. The number of hydrogen-bond donors (Lipinski definition) is 1. The molecule has 0 amide bonds. The normalized spacial score (nSPS) is 15.6. The van der Waals surface area contributed by atoms with Crippen LogP contribution in [0.2, 0.25) is 0 Å². The SMILES string of the molecule is CCCNC(C)CCN(CC)C(C)CC. The fraction of sp³-hybridized carbons (Fsp3) is 1.00. The van der Waals surface area contributed by atoms with Crippen LogP contribution in [0.25, 0.3) is 0 Å². The average molecular weight is 214 g/mol. The van der Waals surface area contributed by atoms with Gasteiger partial charge in [0.1, 0.15) is 0 Å². The predicted octanol–water partition coefficient (Wildman–Crippen LogP) is 2.89. The van der Waals surface area contributed by atoms with Crippen LogP contribution < -0.4 is 5.32 Å². The third kappa shape index (κ3) is 6.91. The Bertz CT molecular complexity index is 136. The predicted molar refractivity (Wildman–Crippen MR) is 69.4 cm³/mol. The highest BCUT2D eigenvalue weighted by Gasteiger charge is 2.10. The third-order valence-electron chi connectivity index (χ3n) is 3.21.